The van der Waals surface area contributed by atoms with Crippen LogP contribution in [0, 0.1) is 12.8 Å². The summed E-state index contributed by atoms with van der Waals surface area (Å²) in [5.74, 6) is 0.189. The summed E-state index contributed by atoms with van der Waals surface area (Å²) in [5, 5.41) is 1.25. The number of Topliss-reactive ketones (excluding diaryl/α,β-unsaturated/α-hetero) is 1. The van der Waals surface area contributed by atoms with Crippen LogP contribution >= 0.6 is 23.2 Å². The number of likely N-dealkylation sites (tertiary alicyclic amines) is 1. The van der Waals surface area contributed by atoms with Gasteiger partial charge < -0.3 is 4.90 Å². The lowest BCUT2D eigenvalue weighted by molar-refractivity contribution is -0.133. The van der Waals surface area contributed by atoms with Gasteiger partial charge in [-0.2, -0.15) is 0 Å². The average molecular weight is 458 g/mol. The first kappa shape index (κ1) is 21.5. The summed E-state index contributed by atoms with van der Waals surface area (Å²) in [6, 6.07) is 12.0. The molecule has 3 aromatic rings. The molecule has 0 radical (unpaired) electrons. The number of piperidine rings is 1. The summed E-state index contributed by atoms with van der Waals surface area (Å²) in [4.78, 5) is 44.6. The van der Waals surface area contributed by atoms with Crippen molar-refractivity contribution in [3.63, 3.8) is 0 Å². The molecule has 0 aliphatic carbocycles. The number of aryl methyl sites for hydroxylation is 1. The summed E-state index contributed by atoms with van der Waals surface area (Å²) in [6.45, 7) is 2.59. The van der Waals surface area contributed by atoms with Gasteiger partial charge in [-0.15, -0.1) is 0 Å². The summed E-state index contributed by atoms with van der Waals surface area (Å²) in [7, 11) is 0. The number of benzene rings is 2. The van der Waals surface area contributed by atoms with Crippen LogP contribution in [0.2, 0.25) is 10.0 Å². The van der Waals surface area contributed by atoms with Crippen molar-refractivity contribution in [2.75, 3.05) is 13.1 Å². The molecular weight excluding hydrogens is 437 g/mol. The second kappa shape index (κ2) is 8.81. The molecule has 0 atom stereocenters. The second-order valence-corrected chi connectivity index (χ2v) is 8.53. The van der Waals surface area contributed by atoms with Crippen molar-refractivity contribution in [2.45, 2.75) is 26.3 Å². The molecule has 1 aromatic heterocycles. The number of para-hydroxylation sites is 1. The Morgan fingerprint density at radius 3 is 2.48 bits per heavy atom. The van der Waals surface area contributed by atoms with Crippen molar-refractivity contribution in [3.05, 3.63) is 74.3 Å². The Hall–Kier alpha value is -2.70. The molecule has 2 heterocycles. The van der Waals surface area contributed by atoms with Gasteiger partial charge in [-0.3, -0.25) is 19.0 Å². The van der Waals surface area contributed by atoms with E-state index in [1.807, 2.05) is 6.07 Å². The maximum absolute atomic E-state index is 12.9. The van der Waals surface area contributed by atoms with E-state index < -0.39 is 0 Å². The molecule has 0 bridgehead atoms. The van der Waals surface area contributed by atoms with E-state index in [1.165, 1.54) is 4.57 Å². The van der Waals surface area contributed by atoms with Crippen molar-refractivity contribution in [3.8, 4) is 0 Å². The average Bonchev–Trinajstić information content (AvgIpc) is 2.78. The minimum absolute atomic E-state index is 0.0106. The predicted molar refractivity (Wildman–Crippen MR) is 121 cm³/mol. The van der Waals surface area contributed by atoms with Crippen molar-refractivity contribution < 1.29 is 9.59 Å². The van der Waals surface area contributed by atoms with E-state index >= 15 is 0 Å². The predicted octanol–water partition coefficient (Wildman–Crippen LogP) is 4.13. The fourth-order valence-electron chi connectivity index (χ4n) is 3.98. The molecule has 0 saturated carbocycles. The first-order chi connectivity index (χ1) is 14.8. The standard InChI is InChI=1S/C23H21Cl2N3O3/c1-14-26-20-5-3-2-4-17(20)23(31)28(14)13-21(29)27-10-8-15(9-11-27)22(30)16-6-7-18(24)19(25)12-16/h2-7,12,15H,8-11,13H2,1H3. The number of rotatable bonds is 4. The highest BCUT2D eigenvalue weighted by Gasteiger charge is 2.28. The van der Waals surface area contributed by atoms with Crippen LogP contribution in [0.15, 0.2) is 47.3 Å². The minimum Gasteiger partial charge on any atom is -0.341 e. The van der Waals surface area contributed by atoms with Crippen LogP contribution in [-0.2, 0) is 11.3 Å². The molecule has 1 saturated heterocycles. The summed E-state index contributed by atoms with van der Waals surface area (Å²) < 4.78 is 1.41. The molecule has 31 heavy (non-hydrogen) atoms. The highest BCUT2D eigenvalue weighted by molar-refractivity contribution is 6.42. The number of fused-ring (bicyclic) bond motifs is 1. The number of ketones is 1. The fourth-order valence-corrected chi connectivity index (χ4v) is 4.27. The fraction of sp³-hybridized carbons (Fsp3) is 0.304. The third kappa shape index (κ3) is 4.36. The van der Waals surface area contributed by atoms with E-state index in [9.17, 15) is 14.4 Å². The van der Waals surface area contributed by atoms with Gasteiger partial charge in [-0.25, -0.2) is 4.98 Å². The van der Waals surface area contributed by atoms with Crippen molar-refractivity contribution in [1.29, 1.82) is 0 Å². The Balaban J connectivity index is 1.43. The zero-order valence-electron chi connectivity index (χ0n) is 17.0. The van der Waals surface area contributed by atoms with Crippen LogP contribution in [0.5, 0.6) is 0 Å². The van der Waals surface area contributed by atoms with Crippen LogP contribution in [0.1, 0.15) is 29.0 Å². The minimum atomic E-state index is -0.221. The molecule has 8 heteroatoms. The van der Waals surface area contributed by atoms with Gasteiger partial charge in [0.1, 0.15) is 12.4 Å². The summed E-state index contributed by atoms with van der Waals surface area (Å²) in [6.07, 6.45) is 1.13. The molecule has 6 nitrogen and oxygen atoms in total. The van der Waals surface area contributed by atoms with E-state index in [2.05, 4.69) is 4.98 Å². The van der Waals surface area contributed by atoms with Gasteiger partial charge in [0, 0.05) is 24.6 Å². The number of aromatic nitrogens is 2. The second-order valence-electron chi connectivity index (χ2n) is 7.72. The molecule has 1 fully saturated rings. The lowest BCUT2D eigenvalue weighted by Crippen LogP contribution is -2.43. The third-order valence-electron chi connectivity index (χ3n) is 5.77. The van der Waals surface area contributed by atoms with E-state index in [0.29, 0.717) is 58.3 Å². The Morgan fingerprint density at radius 1 is 1.06 bits per heavy atom. The monoisotopic (exact) mass is 457 g/mol. The van der Waals surface area contributed by atoms with Crippen molar-refractivity contribution in [2.24, 2.45) is 5.92 Å². The maximum Gasteiger partial charge on any atom is 0.261 e. The molecule has 1 aliphatic heterocycles. The Kier molecular flexibility index (Phi) is 6.12. The number of halogens is 2. The van der Waals surface area contributed by atoms with Gasteiger partial charge in [0.2, 0.25) is 5.91 Å². The van der Waals surface area contributed by atoms with E-state index in [0.717, 1.165) is 0 Å². The maximum atomic E-state index is 12.9. The number of carbonyl (C=O) groups excluding carboxylic acids is 2. The zero-order valence-corrected chi connectivity index (χ0v) is 18.5. The van der Waals surface area contributed by atoms with Crippen molar-refractivity contribution in [1.82, 2.24) is 14.5 Å². The van der Waals surface area contributed by atoms with Crippen LogP contribution in [0.3, 0.4) is 0 Å². The van der Waals surface area contributed by atoms with Gasteiger partial charge >= 0.3 is 0 Å². The SMILES string of the molecule is Cc1nc2ccccc2c(=O)n1CC(=O)N1CCC(C(=O)c2ccc(Cl)c(Cl)c2)CC1. The largest absolute Gasteiger partial charge is 0.341 e. The quantitative estimate of drug-likeness (QED) is 0.552. The summed E-state index contributed by atoms with van der Waals surface area (Å²) >= 11 is 12.0. The first-order valence-electron chi connectivity index (χ1n) is 10.1. The van der Waals surface area contributed by atoms with E-state index in [-0.39, 0.29) is 29.7 Å². The highest BCUT2D eigenvalue weighted by Crippen LogP contribution is 2.27. The molecule has 0 spiro atoms. The molecule has 2 aromatic carbocycles. The molecule has 0 unspecified atom stereocenters. The number of hydrogen-bond donors (Lipinski definition) is 0. The Bertz CT molecular complexity index is 1230. The summed E-state index contributed by atoms with van der Waals surface area (Å²) in [5.41, 5.74) is 0.931. The number of hydrogen-bond acceptors (Lipinski definition) is 4. The third-order valence-corrected chi connectivity index (χ3v) is 6.51. The smallest absolute Gasteiger partial charge is 0.261 e. The number of amides is 1. The zero-order chi connectivity index (χ0) is 22.1. The van der Waals surface area contributed by atoms with E-state index in [1.54, 1.807) is 48.2 Å². The normalized spacial score (nSPS) is 14.7. The molecular formula is C23H21Cl2N3O3. The van der Waals surface area contributed by atoms with Crippen LogP contribution in [0.4, 0.5) is 0 Å². The first-order valence-corrected chi connectivity index (χ1v) is 10.8. The number of carbonyl (C=O) groups is 2. The van der Waals surface area contributed by atoms with Gasteiger partial charge in [-0.05, 0) is 50.1 Å². The van der Waals surface area contributed by atoms with Gasteiger partial charge in [0.25, 0.3) is 5.56 Å². The number of nitrogens with zero attached hydrogens (tertiary/aromatic N) is 3. The molecule has 1 amide bonds. The Morgan fingerprint density at radius 2 is 1.77 bits per heavy atom. The van der Waals surface area contributed by atoms with Gasteiger partial charge in [0.15, 0.2) is 5.78 Å². The highest BCUT2D eigenvalue weighted by atomic mass is 35.5. The molecule has 160 valence electrons. The Labute approximate surface area is 189 Å². The molecule has 0 N–H and O–H groups in total. The van der Waals surface area contributed by atoms with Crippen LogP contribution < -0.4 is 5.56 Å². The lowest BCUT2D eigenvalue weighted by atomic mass is 9.89. The van der Waals surface area contributed by atoms with E-state index in [4.69, 9.17) is 23.2 Å². The van der Waals surface area contributed by atoms with Crippen LogP contribution in [0.25, 0.3) is 10.9 Å². The van der Waals surface area contributed by atoms with Gasteiger partial charge in [-0.1, -0.05) is 35.3 Å². The lowest BCUT2D eigenvalue weighted by Gasteiger charge is -2.31. The van der Waals surface area contributed by atoms with Crippen LogP contribution in [-0.4, -0.2) is 39.2 Å². The van der Waals surface area contributed by atoms with Crippen molar-refractivity contribution >= 4 is 45.8 Å². The van der Waals surface area contributed by atoms with Gasteiger partial charge in [0.05, 0.1) is 20.9 Å². The molecule has 1 aliphatic rings. The topological polar surface area (TPSA) is 72.3 Å². The molecule has 4 rings (SSSR count).